The summed E-state index contributed by atoms with van der Waals surface area (Å²) in [5.74, 6) is 1.56. The lowest BCUT2D eigenvalue weighted by Crippen LogP contribution is -2.40. The molecule has 1 rings (SSSR count). The van der Waals surface area contributed by atoms with Gasteiger partial charge in [-0.2, -0.15) is 0 Å². The van der Waals surface area contributed by atoms with Crippen molar-refractivity contribution in [2.45, 2.75) is 19.8 Å². The van der Waals surface area contributed by atoms with E-state index in [0.29, 0.717) is 19.8 Å². The fraction of sp³-hybridized carbons (Fsp3) is 0.647. The van der Waals surface area contributed by atoms with Crippen molar-refractivity contribution >= 4 is 29.9 Å². The second kappa shape index (κ2) is 17.7. The van der Waals surface area contributed by atoms with Crippen molar-refractivity contribution in [2.24, 2.45) is 4.99 Å². The smallest absolute Gasteiger partial charge is 0.191 e. The summed E-state index contributed by atoms with van der Waals surface area (Å²) in [7, 11) is 1.70. The normalized spacial score (nSPS) is 10.9. The van der Waals surface area contributed by atoms with Gasteiger partial charge < -0.3 is 24.8 Å². The predicted molar refractivity (Wildman–Crippen MR) is 111 cm³/mol. The largest absolute Gasteiger partial charge is 0.490 e. The van der Waals surface area contributed by atoms with Crippen molar-refractivity contribution in [1.29, 1.82) is 0 Å². The molecule has 0 atom stereocenters. The van der Waals surface area contributed by atoms with Crippen molar-refractivity contribution in [2.75, 3.05) is 53.2 Å². The molecule has 1 aromatic rings. The first-order valence-electron chi connectivity index (χ1n) is 8.48. The van der Waals surface area contributed by atoms with Gasteiger partial charge in [0.2, 0.25) is 0 Å². The average Bonchev–Trinajstić information content (AvgIpc) is 2.62. The molecule has 1 aromatic heterocycles. The van der Waals surface area contributed by atoms with Gasteiger partial charge in [-0.05, 0) is 31.9 Å². The summed E-state index contributed by atoms with van der Waals surface area (Å²) in [6.07, 6.45) is 5.26. The van der Waals surface area contributed by atoms with Crippen LogP contribution in [-0.4, -0.2) is 64.1 Å². The molecule has 0 aromatic carbocycles. The summed E-state index contributed by atoms with van der Waals surface area (Å²) in [5.41, 5.74) is 0. The Kier molecular flexibility index (Phi) is 16.9. The van der Waals surface area contributed by atoms with Crippen LogP contribution in [0.4, 0.5) is 0 Å². The quantitative estimate of drug-likeness (QED) is 0.201. The Balaban J connectivity index is 0.00000576. The van der Waals surface area contributed by atoms with Crippen LogP contribution >= 0.6 is 24.0 Å². The molecule has 144 valence electrons. The van der Waals surface area contributed by atoms with Crippen LogP contribution in [-0.2, 0) is 9.47 Å². The number of nitrogens with zero attached hydrogens (tertiary/aromatic N) is 2. The molecule has 0 unspecified atom stereocenters. The first-order valence-corrected chi connectivity index (χ1v) is 8.48. The van der Waals surface area contributed by atoms with E-state index in [0.717, 1.165) is 50.9 Å². The summed E-state index contributed by atoms with van der Waals surface area (Å²) in [6, 6.07) is 3.74. The molecule has 0 aliphatic carbocycles. The highest BCUT2D eigenvalue weighted by Crippen LogP contribution is 2.04. The monoisotopic (exact) mass is 466 g/mol. The highest BCUT2D eigenvalue weighted by Gasteiger charge is 1.99. The third-order valence-electron chi connectivity index (χ3n) is 3.04. The van der Waals surface area contributed by atoms with Gasteiger partial charge in [0, 0.05) is 46.2 Å². The van der Waals surface area contributed by atoms with E-state index in [-0.39, 0.29) is 24.0 Å². The number of nitrogens with one attached hydrogen (secondary N) is 2. The minimum Gasteiger partial charge on any atom is -0.490 e. The Hall–Kier alpha value is -1.13. The maximum absolute atomic E-state index is 5.61. The van der Waals surface area contributed by atoms with Gasteiger partial charge in [-0.25, -0.2) is 0 Å². The molecule has 1 heterocycles. The van der Waals surface area contributed by atoms with Crippen LogP contribution < -0.4 is 15.4 Å². The van der Waals surface area contributed by atoms with Gasteiger partial charge >= 0.3 is 0 Å². The summed E-state index contributed by atoms with van der Waals surface area (Å²) < 4.78 is 16.0. The van der Waals surface area contributed by atoms with Gasteiger partial charge in [0.15, 0.2) is 5.96 Å². The van der Waals surface area contributed by atoms with Gasteiger partial charge in [-0.15, -0.1) is 24.0 Å². The molecule has 0 aliphatic heterocycles. The molecular weight excluding hydrogens is 435 g/mol. The standard InChI is InChI=1S/C17H30N4O3.HI/c1-3-23-13-6-10-20-17(19-9-5-12-22-2)21-11-14-24-16-7-4-8-18-15-16;/h4,7-8,15H,3,5-6,9-14H2,1-2H3,(H2,19,20,21);1H. The number of hydrogen-bond donors (Lipinski definition) is 2. The maximum atomic E-state index is 5.61. The van der Waals surface area contributed by atoms with Gasteiger partial charge in [-0.3, -0.25) is 9.98 Å². The molecule has 8 heteroatoms. The van der Waals surface area contributed by atoms with E-state index < -0.39 is 0 Å². The average molecular weight is 466 g/mol. The number of hydrogen-bond acceptors (Lipinski definition) is 5. The molecule has 0 saturated heterocycles. The summed E-state index contributed by atoms with van der Waals surface area (Å²) in [4.78, 5) is 8.55. The molecule has 7 nitrogen and oxygen atoms in total. The van der Waals surface area contributed by atoms with E-state index in [1.807, 2.05) is 19.1 Å². The second-order valence-electron chi connectivity index (χ2n) is 5.02. The molecule has 25 heavy (non-hydrogen) atoms. The lowest BCUT2D eigenvalue weighted by Gasteiger charge is -2.13. The van der Waals surface area contributed by atoms with Gasteiger partial charge in [0.25, 0.3) is 0 Å². The van der Waals surface area contributed by atoms with Crippen LogP contribution in [0.2, 0.25) is 0 Å². The molecule has 0 saturated carbocycles. The number of aliphatic imine (C=N–C) groups is 1. The van der Waals surface area contributed by atoms with E-state index in [2.05, 4.69) is 20.6 Å². The minimum atomic E-state index is 0. The number of methoxy groups -OCH3 is 1. The number of aromatic nitrogens is 1. The third kappa shape index (κ3) is 13.8. The van der Waals surface area contributed by atoms with Crippen LogP contribution in [0.5, 0.6) is 5.75 Å². The predicted octanol–water partition coefficient (Wildman–Crippen LogP) is 2.08. The number of guanidine groups is 1. The van der Waals surface area contributed by atoms with Crippen molar-refractivity contribution in [3.05, 3.63) is 24.5 Å². The molecule has 0 spiro atoms. The zero-order valence-electron chi connectivity index (χ0n) is 15.2. The van der Waals surface area contributed by atoms with Gasteiger partial charge in [0.05, 0.1) is 12.7 Å². The van der Waals surface area contributed by atoms with E-state index in [4.69, 9.17) is 14.2 Å². The van der Waals surface area contributed by atoms with Crippen LogP contribution in [0.25, 0.3) is 0 Å². The lowest BCUT2D eigenvalue weighted by atomic mass is 10.4. The topological polar surface area (TPSA) is 77.0 Å². The zero-order chi connectivity index (χ0) is 17.3. The van der Waals surface area contributed by atoms with Crippen molar-refractivity contribution < 1.29 is 14.2 Å². The summed E-state index contributed by atoms with van der Waals surface area (Å²) >= 11 is 0. The molecule has 0 aliphatic rings. The maximum Gasteiger partial charge on any atom is 0.191 e. The van der Waals surface area contributed by atoms with Crippen LogP contribution in [0, 0.1) is 0 Å². The van der Waals surface area contributed by atoms with E-state index >= 15 is 0 Å². The van der Waals surface area contributed by atoms with E-state index in [9.17, 15) is 0 Å². The molecular formula is C17H31IN4O3. The van der Waals surface area contributed by atoms with Gasteiger partial charge in [-0.1, -0.05) is 0 Å². The van der Waals surface area contributed by atoms with Crippen molar-refractivity contribution in [1.82, 2.24) is 15.6 Å². The molecule has 0 fully saturated rings. The fourth-order valence-electron chi connectivity index (χ4n) is 1.87. The highest BCUT2D eigenvalue weighted by atomic mass is 127. The second-order valence-corrected chi connectivity index (χ2v) is 5.02. The third-order valence-corrected chi connectivity index (χ3v) is 3.04. The molecule has 0 amide bonds. The number of ether oxygens (including phenoxy) is 3. The number of pyridine rings is 1. The van der Waals surface area contributed by atoms with E-state index in [1.165, 1.54) is 0 Å². The Morgan fingerprint density at radius 2 is 2.00 bits per heavy atom. The van der Waals surface area contributed by atoms with Crippen LogP contribution in [0.15, 0.2) is 29.5 Å². The highest BCUT2D eigenvalue weighted by molar-refractivity contribution is 14.0. The number of halogens is 1. The molecule has 0 bridgehead atoms. The Labute approximate surface area is 168 Å². The molecule has 0 radical (unpaired) electrons. The van der Waals surface area contributed by atoms with E-state index in [1.54, 1.807) is 19.5 Å². The van der Waals surface area contributed by atoms with Gasteiger partial charge in [0.1, 0.15) is 12.4 Å². The SMILES string of the molecule is CCOCCCNC(=NCCCOC)NCCOc1cccnc1.I. The summed E-state index contributed by atoms with van der Waals surface area (Å²) in [5, 5.41) is 6.57. The molecule has 2 N–H and O–H groups in total. The van der Waals surface area contributed by atoms with Crippen molar-refractivity contribution in [3.8, 4) is 5.75 Å². The lowest BCUT2D eigenvalue weighted by molar-refractivity contribution is 0.145. The fourth-order valence-corrected chi connectivity index (χ4v) is 1.87. The van der Waals surface area contributed by atoms with Crippen LogP contribution in [0.3, 0.4) is 0 Å². The first kappa shape index (κ1) is 23.9. The van der Waals surface area contributed by atoms with Crippen molar-refractivity contribution in [3.63, 3.8) is 0 Å². The zero-order valence-corrected chi connectivity index (χ0v) is 17.5. The van der Waals surface area contributed by atoms with Crippen LogP contribution in [0.1, 0.15) is 19.8 Å². The minimum absolute atomic E-state index is 0. The Morgan fingerprint density at radius 1 is 1.16 bits per heavy atom. The first-order chi connectivity index (χ1) is 11.9. The Bertz CT molecular complexity index is 435. The summed E-state index contributed by atoms with van der Waals surface area (Å²) in [6.45, 7) is 6.97. The number of rotatable bonds is 13. The Morgan fingerprint density at radius 3 is 2.72 bits per heavy atom.